The molecule has 1 nitrogen and oxygen atoms in total. The highest BCUT2D eigenvalue weighted by molar-refractivity contribution is 5.28. The Hall–Kier alpha value is -1.81. The lowest BCUT2D eigenvalue weighted by atomic mass is 10.00. The molecule has 0 aliphatic carbocycles. The summed E-state index contributed by atoms with van der Waals surface area (Å²) in [4.78, 5) is 0. The molecule has 0 aliphatic rings. The summed E-state index contributed by atoms with van der Waals surface area (Å²) in [6.45, 7) is 0. The Kier molecular flexibility index (Phi) is 3.90. The van der Waals surface area contributed by atoms with Gasteiger partial charge in [0.2, 0.25) is 0 Å². The zero-order valence-corrected chi connectivity index (χ0v) is 10.1. The third-order valence-corrected chi connectivity index (χ3v) is 2.87. The molecule has 0 bridgehead atoms. The van der Waals surface area contributed by atoms with Crippen LogP contribution in [0.5, 0.6) is 0 Å². The van der Waals surface area contributed by atoms with Crippen LogP contribution in [0.4, 0.5) is 13.2 Å². The topological polar surface area (TPSA) is 20.2 Å². The molecule has 0 amide bonds. The molecule has 0 radical (unpaired) electrons. The highest BCUT2D eigenvalue weighted by atomic mass is 19.4. The summed E-state index contributed by atoms with van der Waals surface area (Å²) in [5, 5.41) is 10.00. The van der Waals surface area contributed by atoms with Crippen molar-refractivity contribution in [1.82, 2.24) is 0 Å². The van der Waals surface area contributed by atoms with E-state index in [9.17, 15) is 18.3 Å². The van der Waals surface area contributed by atoms with Crippen LogP contribution in [0.25, 0.3) is 0 Å². The van der Waals surface area contributed by atoms with Gasteiger partial charge in [0.25, 0.3) is 0 Å². The van der Waals surface area contributed by atoms with Gasteiger partial charge in [-0.15, -0.1) is 0 Å². The molecule has 100 valence electrons. The highest BCUT2D eigenvalue weighted by Gasteiger charge is 2.30. The Morgan fingerprint density at radius 2 is 1.63 bits per heavy atom. The van der Waals surface area contributed by atoms with E-state index < -0.39 is 17.8 Å². The van der Waals surface area contributed by atoms with E-state index >= 15 is 0 Å². The molecule has 0 heterocycles. The van der Waals surface area contributed by atoms with E-state index in [1.54, 1.807) is 0 Å². The van der Waals surface area contributed by atoms with Gasteiger partial charge in [0.1, 0.15) is 0 Å². The van der Waals surface area contributed by atoms with Crippen LogP contribution >= 0.6 is 0 Å². The zero-order chi connectivity index (χ0) is 13.9. The second kappa shape index (κ2) is 5.45. The van der Waals surface area contributed by atoms with Crippen molar-refractivity contribution in [3.63, 3.8) is 0 Å². The van der Waals surface area contributed by atoms with Gasteiger partial charge in [-0.3, -0.25) is 0 Å². The summed E-state index contributed by atoms with van der Waals surface area (Å²) in [5.41, 5.74) is 0.420. The van der Waals surface area contributed by atoms with E-state index in [0.29, 0.717) is 6.42 Å². The van der Waals surface area contributed by atoms with E-state index in [1.165, 1.54) is 12.1 Å². The van der Waals surface area contributed by atoms with Gasteiger partial charge in [-0.05, 0) is 23.3 Å². The molecule has 0 saturated heterocycles. The van der Waals surface area contributed by atoms with Crippen molar-refractivity contribution in [3.05, 3.63) is 71.3 Å². The van der Waals surface area contributed by atoms with Crippen LogP contribution in [0.3, 0.4) is 0 Å². The second-order valence-electron chi connectivity index (χ2n) is 4.33. The molecule has 19 heavy (non-hydrogen) atoms. The average Bonchev–Trinajstić information content (AvgIpc) is 2.39. The Balaban J connectivity index is 2.18. The van der Waals surface area contributed by atoms with Crippen molar-refractivity contribution in [1.29, 1.82) is 0 Å². The summed E-state index contributed by atoms with van der Waals surface area (Å²) in [7, 11) is 0. The smallest absolute Gasteiger partial charge is 0.388 e. The molecule has 1 atom stereocenters. The molecular formula is C15H13F3O. The van der Waals surface area contributed by atoms with Gasteiger partial charge in [0.05, 0.1) is 11.7 Å². The molecule has 4 heteroatoms. The molecule has 0 aliphatic heterocycles. The number of aliphatic hydroxyl groups excluding tert-OH is 1. The van der Waals surface area contributed by atoms with Crippen LogP contribution in [0.1, 0.15) is 22.8 Å². The molecule has 0 saturated carbocycles. The maximum Gasteiger partial charge on any atom is 0.416 e. The van der Waals surface area contributed by atoms with Gasteiger partial charge in [-0.1, -0.05) is 42.5 Å². The predicted molar refractivity (Wildman–Crippen MR) is 66.5 cm³/mol. The van der Waals surface area contributed by atoms with Crippen LogP contribution in [0, 0.1) is 0 Å². The fourth-order valence-electron chi connectivity index (χ4n) is 1.88. The molecule has 2 rings (SSSR count). The van der Waals surface area contributed by atoms with Gasteiger partial charge >= 0.3 is 6.18 Å². The number of benzene rings is 2. The van der Waals surface area contributed by atoms with Crippen molar-refractivity contribution in [2.45, 2.75) is 18.7 Å². The summed E-state index contributed by atoms with van der Waals surface area (Å²) >= 11 is 0. The van der Waals surface area contributed by atoms with E-state index in [2.05, 4.69) is 0 Å². The quantitative estimate of drug-likeness (QED) is 0.890. The fourth-order valence-corrected chi connectivity index (χ4v) is 1.88. The van der Waals surface area contributed by atoms with Crippen LogP contribution in [-0.2, 0) is 12.6 Å². The van der Waals surface area contributed by atoms with Gasteiger partial charge in [0.15, 0.2) is 0 Å². The van der Waals surface area contributed by atoms with Crippen molar-refractivity contribution in [2.75, 3.05) is 0 Å². The standard InChI is InChI=1S/C15H13F3O/c16-15(17,18)13-8-4-7-12(10-13)14(19)9-11-5-2-1-3-6-11/h1-8,10,14,19H,9H2. The van der Waals surface area contributed by atoms with E-state index in [0.717, 1.165) is 17.7 Å². The molecule has 0 aromatic heterocycles. The first kappa shape index (κ1) is 13.6. The van der Waals surface area contributed by atoms with E-state index in [4.69, 9.17) is 0 Å². The lowest BCUT2D eigenvalue weighted by Gasteiger charge is -2.13. The third kappa shape index (κ3) is 3.58. The van der Waals surface area contributed by atoms with Gasteiger partial charge in [-0.2, -0.15) is 13.2 Å². The second-order valence-corrected chi connectivity index (χ2v) is 4.33. The average molecular weight is 266 g/mol. The van der Waals surface area contributed by atoms with E-state index in [-0.39, 0.29) is 5.56 Å². The van der Waals surface area contributed by atoms with Crippen LogP contribution in [0.2, 0.25) is 0 Å². The van der Waals surface area contributed by atoms with Crippen LogP contribution in [-0.4, -0.2) is 5.11 Å². The Labute approximate surface area is 109 Å². The zero-order valence-electron chi connectivity index (χ0n) is 10.1. The summed E-state index contributed by atoms with van der Waals surface area (Å²) < 4.78 is 37.7. The van der Waals surface area contributed by atoms with Crippen molar-refractivity contribution in [3.8, 4) is 0 Å². The minimum absolute atomic E-state index is 0.277. The number of aliphatic hydroxyl groups is 1. The molecule has 0 fully saturated rings. The molecule has 2 aromatic rings. The summed E-state index contributed by atoms with van der Waals surface area (Å²) in [5.74, 6) is 0. The first-order chi connectivity index (χ1) is 8.97. The van der Waals surface area contributed by atoms with Crippen molar-refractivity contribution >= 4 is 0 Å². The van der Waals surface area contributed by atoms with Crippen molar-refractivity contribution < 1.29 is 18.3 Å². The fraction of sp³-hybridized carbons (Fsp3) is 0.200. The molecule has 1 unspecified atom stereocenters. The first-order valence-electron chi connectivity index (χ1n) is 5.86. The number of hydrogen-bond donors (Lipinski definition) is 1. The van der Waals surface area contributed by atoms with Gasteiger partial charge < -0.3 is 5.11 Å². The van der Waals surface area contributed by atoms with Gasteiger partial charge in [-0.25, -0.2) is 0 Å². The number of halogens is 3. The minimum atomic E-state index is -4.39. The minimum Gasteiger partial charge on any atom is -0.388 e. The molecular weight excluding hydrogens is 253 g/mol. The predicted octanol–water partition coefficient (Wildman–Crippen LogP) is 3.98. The van der Waals surface area contributed by atoms with E-state index in [1.807, 2.05) is 30.3 Å². The number of alkyl halides is 3. The molecule has 1 N–H and O–H groups in total. The Morgan fingerprint density at radius 1 is 0.947 bits per heavy atom. The summed E-state index contributed by atoms with van der Waals surface area (Å²) in [6.07, 6.45) is -5.03. The SMILES string of the molecule is OC(Cc1ccccc1)c1cccc(C(F)(F)F)c1. The highest BCUT2D eigenvalue weighted by Crippen LogP contribution is 2.31. The normalized spacial score (nSPS) is 13.3. The number of rotatable bonds is 3. The maximum atomic E-state index is 12.6. The van der Waals surface area contributed by atoms with Crippen molar-refractivity contribution in [2.24, 2.45) is 0 Å². The first-order valence-corrected chi connectivity index (χ1v) is 5.86. The van der Waals surface area contributed by atoms with Crippen LogP contribution < -0.4 is 0 Å². The summed E-state index contributed by atoms with van der Waals surface area (Å²) in [6, 6.07) is 14.0. The monoisotopic (exact) mass is 266 g/mol. The maximum absolute atomic E-state index is 12.6. The van der Waals surface area contributed by atoms with Crippen LogP contribution in [0.15, 0.2) is 54.6 Å². The molecule has 0 spiro atoms. The lowest BCUT2D eigenvalue weighted by Crippen LogP contribution is -2.08. The molecule has 2 aromatic carbocycles. The third-order valence-electron chi connectivity index (χ3n) is 2.87. The van der Waals surface area contributed by atoms with Gasteiger partial charge in [0, 0.05) is 6.42 Å². The lowest BCUT2D eigenvalue weighted by molar-refractivity contribution is -0.137. The Morgan fingerprint density at radius 3 is 2.26 bits per heavy atom. The number of hydrogen-bond acceptors (Lipinski definition) is 1. The Bertz CT molecular complexity index is 535. The largest absolute Gasteiger partial charge is 0.416 e.